The summed E-state index contributed by atoms with van der Waals surface area (Å²) < 4.78 is 19.0. The molecule has 9 heteroatoms. The van der Waals surface area contributed by atoms with Gasteiger partial charge in [-0.1, -0.05) is 41.9 Å². The van der Waals surface area contributed by atoms with Crippen molar-refractivity contribution in [3.63, 3.8) is 0 Å². The fourth-order valence-corrected chi connectivity index (χ4v) is 4.14. The third-order valence-corrected chi connectivity index (χ3v) is 6.18. The van der Waals surface area contributed by atoms with Gasteiger partial charge in [-0.2, -0.15) is 0 Å². The Bertz CT molecular complexity index is 1140. The second-order valence-electron chi connectivity index (χ2n) is 8.29. The Morgan fingerprint density at radius 3 is 2.35 bits per heavy atom. The zero-order chi connectivity index (χ0) is 24.1. The van der Waals surface area contributed by atoms with Crippen LogP contribution in [-0.4, -0.2) is 57.7 Å². The molecule has 3 aromatic rings. The van der Waals surface area contributed by atoms with Crippen LogP contribution in [-0.2, 0) is 24.4 Å². The first kappa shape index (κ1) is 23.9. The topological polar surface area (TPSA) is 69.9 Å². The Morgan fingerprint density at radius 1 is 1.00 bits per heavy atom. The molecule has 178 valence electrons. The normalized spacial score (nSPS) is 14.0. The molecule has 0 aliphatic carbocycles. The molecule has 0 saturated carbocycles. The number of carbonyl (C=O) groups is 2. The average molecular weight is 485 g/mol. The molecule has 2 amide bonds. The number of aromatic nitrogens is 1. The van der Waals surface area contributed by atoms with Crippen LogP contribution in [0.2, 0.25) is 5.02 Å². The molecular formula is C25H26ClFN4O3. The van der Waals surface area contributed by atoms with E-state index in [1.807, 2.05) is 24.3 Å². The number of hydrogen-bond donors (Lipinski definition) is 0. The SMILES string of the molecule is CC(=O)N1CCN(C(=O)c2coc(CN(Cc3ccc(F)cc3)Cc3ccccc3Cl)n2)CC1. The van der Waals surface area contributed by atoms with Gasteiger partial charge in [0.15, 0.2) is 5.69 Å². The maximum Gasteiger partial charge on any atom is 0.275 e. The molecule has 1 aliphatic rings. The summed E-state index contributed by atoms with van der Waals surface area (Å²) in [5.41, 5.74) is 2.11. The molecule has 0 atom stereocenters. The molecule has 4 rings (SSSR count). The first-order valence-electron chi connectivity index (χ1n) is 11.1. The van der Waals surface area contributed by atoms with Crippen LogP contribution in [0.4, 0.5) is 4.39 Å². The largest absolute Gasteiger partial charge is 0.447 e. The van der Waals surface area contributed by atoms with E-state index >= 15 is 0 Å². The van der Waals surface area contributed by atoms with Gasteiger partial charge in [-0.25, -0.2) is 9.37 Å². The first-order chi connectivity index (χ1) is 16.4. The van der Waals surface area contributed by atoms with E-state index in [4.69, 9.17) is 16.0 Å². The number of nitrogens with zero attached hydrogens (tertiary/aromatic N) is 4. The third kappa shape index (κ3) is 6.01. The van der Waals surface area contributed by atoms with Crippen molar-refractivity contribution in [2.24, 2.45) is 0 Å². The molecule has 0 unspecified atom stereocenters. The molecule has 34 heavy (non-hydrogen) atoms. The van der Waals surface area contributed by atoms with E-state index in [1.165, 1.54) is 25.3 Å². The number of piperazine rings is 1. The van der Waals surface area contributed by atoms with Crippen LogP contribution in [0.1, 0.15) is 34.4 Å². The highest BCUT2D eigenvalue weighted by atomic mass is 35.5. The van der Waals surface area contributed by atoms with E-state index in [1.54, 1.807) is 21.9 Å². The van der Waals surface area contributed by atoms with Crippen LogP contribution < -0.4 is 0 Å². The molecule has 0 radical (unpaired) electrons. The van der Waals surface area contributed by atoms with Crippen molar-refractivity contribution in [3.8, 4) is 0 Å². The van der Waals surface area contributed by atoms with Crippen LogP contribution in [0.3, 0.4) is 0 Å². The number of halogens is 2. The van der Waals surface area contributed by atoms with E-state index in [0.717, 1.165) is 11.1 Å². The molecular weight excluding hydrogens is 459 g/mol. The molecule has 0 N–H and O–H groups in total. The molecule has 1 aromatic heterocycles. The molecule has 1 aliphatic heterocycles. The number of benzene rings is 2. The quantitative estimate of drug-likeness (QED) is 0.507. The highest BCUT2D eigenvalue weighted by Crippen LogP contribution is 2.20. The molecule has 2 aromatic carbocycles. The number of oxazole rings is 1. The molecule has 0 spiro atoms. The Hall–Kier alpha value is -3.23. The zero-order valence-electron chi connectivity index (χ0n) is 18.9. The van der Waals surface area contributed by atoms with Crippen LogP contribution in [0.15, 0.2) is 59.2 Å². The minimum atomic E-state index is -0.290. The van der Waals surface area contributed by atoms with Gasteiger partial charge in [-0.3, -0.25) is 14.5 Å². The fraction of sp³-hybridized carbons (Fsp3) is 0.320. The Labute approximate surface area is 202 Å². The third-order valence-electron chi connectivity index (χ3n) is 5.81. The summed E-state index contributed by atoms with van der Waals surface area (Å²) in [7, 11) is 0. The maximum absolute atomic E-state index is 13.4. The van der Waals surface area contributed by atoms with Crippen molar-refractivity contribution in [2.75, 3.05) is 26.2 Å². The van der Waals surface area contributed by atoms with Gasteiger partial charge in [0.25, 0.3) is 5.91 Å². The van der Waals surface area contributed by atoms with Crippen molar-refractivity contribution in [1.82, 2.24) is 19.7 Å². The fourth-order valence-electron chi connectivity index (χ4n) is 3.94. The monoisotopic (exact) mass is 484 g/mol. The van der Waals surface area contributed by atoms with Gasteiger partial charge in [0.2, 0.25) is 11.8 Å². The van der Waals surface area contributed by atoms with Crippen molar-refractivity contribution < 1.29 is 18.4 Å². The predicted molar refractivity (Wildman–Crippen MR) is 125 cm³/mol. The van der Waals surface area contributed by atoms with Crippen molar-refractivity contribution >= 4 is 23.4 Å². The molecule has 7 nitrogen and oxygen atoms in total. The first-order valence-corrected chi connectivity index (χ1v) is 11.5. The van der Waals surface area contributed by atoms with Crippen molar-refractivity contribution in [1.29, 1.82) is 0 Å². The van der Waals surface area contributed by atoms with Gasteiger partial charge >= 0.3 is 0 Å². The van der Waals surface area contributed by atoms with Crippen molar-refractivity contribution in [2.45, 2.75) is 26.6 Å². The van der Waals surface area contributed by atoms with Gasteiger partial charge in [0.05, 0.1) is 6.54 Å². The highest BCUT2D eigenvalue weighted by Gasteiger charge is 2.25. The lowest BCUT2D eigenvalue weighted by Gasteiger charge is -2.33. The predicted octanol–water partition coefficient (Wildman–Crippen LogP) is 3.97. The van der Waals surface area contributed by atoms with Gasteiger partial charge in [0, 0.05) is 51.2 Å². The number of carbonyl (C=O) groups excluding carboxylic acids is 2. The van der Waals surface area contributed by atoms with Crippen molar-refractivity contribution in [3.05, 3.63) is 88.3 Å². The summed E-state index contributed by atoms with van der Waals surface area (Å²) in [6, 6.07) is 13.9. The lowest BCUT2D eigenvalue weighted by Crippen LogP contribution is -2.50. The summed E-state index contributed by atoms with van der Waals surface area (Å²) in [6.45, 7) is 4.85. The van der Waals surface area contributed by atoms with E-state index in [-0.39, 0.29) is 23.3 Å². The number of amides is 2. The van der Waals surface area contributed by atoms with Gasteiger partial charge in [0.1, 0.15) is 12.1 Å². The number of hydrogen-bond acceptors (Lipinski definition) is 5. The van der Waals surface area contributed by atoms with Crippen LogP contribution >= 0.6 is 11.6 Å². The van der Waals surface area contributed by atoms with E-state index in [2.05, 4.69) is 9.88 Å². The average Bonchev–Trinajstić information content (AvgIpc) is 3.30. The van der Waals surface area contributed by atoms with Crippen LogP contribution in [0.25, 0.3) is 0 Å². The molecule has 1 saturated heterocycles. The summed E-state index contributed by atoms with van der Waals surface area (Å²) >= 11 is 6.37. The Kier molecular flexibility index (Phi) is 7.59. The summed E-state index contributed by atoms with van der Waals surface area (Å²) in [5, 5.41) is 0.652. The minimum absolute atomic E-state index is 0.00980. The highest BCUT2D eigenvalue weighted by molar-refractivity contribution is 6.31. The second-order valence-corrected chi connectivity index (χ2v) is 8.69. The smallest absolute Gasteiger partial charge is 0.275 e. The molecule has 0 bridgehead atoms. The zero-order valence-corrected chi connectivity index (χ0v) is 19.7. The molecule has 1 fully saturated rings. The van der Waals surface area contributed by atoms with Gasteiger partial charge in [-0.15, -0.1) is 0 Å². The van der Waals surface area contributed by atoms with Gasteiger partial charge < -0.3 is 14.2 Å². The van der Waals surface area contributed by atoms with E-state index < -0.39 is 0 Å². The van der Waals surface area contributed by atoms with Gasteiger partial charge in [-0.05, 0) is 29.3 Å². The minimum Gasteiger partial charge on any atom is -0.447 e. The standard InChI is InChI=1S/C25H26ClFN4O3/c1-18(32)30-10-12-31(13-11-30)25(33)23-17-34-24(28-23)16-29(14-19-6-8-21(27)9-7-19)15-20-4-2-3-5-22(20)26/h2-9,17H,10-16H2,1H3. The van der Waals surface area contributed by atoms with E-state index in [0.29, 0.717) is 56.7 Å². The Balaban J connectivity index is 1.46. The van der Waals surface area contributed by atoms with Crippen LogP contribution in [0, 0.1) is 5.82 Å². The summed E-state index contributed by atoms with van der Waals surface area (Å²) in [5.74, 6) is -0.0914. The maximum atomic E-state index is 13.4. The number of rotatable bonds is 7. The second kappa shape index (κ2) is 10.8. The lowest BCUT2D eigenvalue weighted by atomic mass is 10.1. The summed E-state index contributed by atoms with van der Waals surface area (Å²) in [6.07, 6.45) is 1.38. The molecule has 2 heterocycles. The van der Waals surface area contributed by atoms with Crippen LogP contribution in [0.5, 0.6) is 0 Å². The lowest BCUT2D eigenvalue weighted by molar-refractivity contribution is -0.130. The van der Waals surface area contributed by atoms with E-state index in [9.17, 15) is 14.0 Å². The Morgan fingerprint density at radius 2 is 1.68 bits per heavy atom. The summed E-state index contributed by atoms with van der Waals surface area (Å²) in [4.78, 5) is 34.3.